The van der Waals surface area contributed by atoms with Gasteiger partial charge in [-0.3, -0.25) is 9.20 Å². The van der Waals surface area contributed by atoms with Crippen LogP contribution in [0, 0.1) is 0 Å². The highest BCUT2D eigenvalue weighted by atomic mass is 35.5. The van der Waals surface area contributed by atoms with Crippen molar-refractivity contribution in [2.45, 2.75) is 6.61 Å². The van der Waals surface area contributed by atoms with Crippen LogP contribution in [0.25, 0.3) is 5.65 Å². The van der Waals surface area contributed by atoms with Gasteiger partial charge in [0.05, 0.1) is 17.3 Å². The third-order valence-electron chi connectivity index (χ3n) is 2.09. The Hall–Kier alpha value is -1.39. The van der Waals surface area contributed by atoms with Crippen molar-refractivity contribution >= 4 is 23.5 Å². The minimum absolute atomic E-state index is 0.313. The van der Waals surface area contributed by atoms with Crippen LogP contribution in [0.1, 0.15) is 16.2 Å². The van der Waals surface area contributed by atoms with E-state index >= 15 is 0 Å². The summed E-state index contributed by atoms with van der Waals surface area (Å²) in [5, 5.41) is 0.562. The molecule has 15 heavy (non-hydrogen) atoms. The SMILES string of the molecule is COCc1nc2ccc(Cl)cn2c1C=O. The molecule has 0 N–H and O–H groups in total. The standard InChI is InChI=1S/C10H9ClN2O2/c1-15-6-8-9(5-14)13-4-7(11)2-3-10(13)12-8/h2-5H,6H2,1H3. The van der Waals surface area contributed by atoms with E-state index in [2.05, 4.69) is 4.98 Å². The number of carbonyl (C=O) groups excluding carboxylic acids is 1. The molecule has 0 saturated carbocycles. The lowest BCUT2D eigenvalue weighted by molar-refractivity contribution is 0.111. The highest BCUT2D eigenvalue weighted by Crippen LogP contribution is 2.15. The van der Waals surface area contributed by atoms with Gasteiger partial charge >= 0.3 is 0 Å². The fourth-order valence-corrected chi connectivity index (χ4v) is 1.61. The van der Waals surface area contributed by atoms with Crippen LogP contribution in [0.2, 0.25) is 5.02 Å². The summed E-state index contributed by atoms with van der Waals surface area (Å²) in [5.74, 6) is 0. The molecule has 0 aliphatic heterocycles. The van der Waals surface area contributed by atoms with Crippen molar-refractivity contribution in [1.29, 1.82) is 0 Å². The average molecular weight is 225 g/mol. The second kappa shape index (κ2) is 4.00. The zero-order valence-corrected chi connectivity index (χ0v) is 8.86. The van der Waals surface area contributed by atoms with Crippen LogP contribution < -0.4 is 0 Å². The Kier molecular flexibility index (Phi) is 2.70. The smallest absolute Gasteiger partial charge is 0.168 e. The number of carbonyl (C=O) groups is 1. The second-order valence-corrected chi connectivity index (χ2v) is 3.51. The number of hydrogen-bond acceptors (Lipinski definition) is 3. The van der Waals surface area contributed by atoms with Gasteiger partial charge in [0.15, 0.2) is 6.29 Å². The van der Waals surface area contributed by atoms with Crippen LogP contribution in [0.3, 0.4) is 0 Å². The molecule has 0 unspecified atom stereocenters. The van der Waals surface area contributed by atoms with E-state index in [4.69, 9.17) is 16.3 Å². The van der Waals surface area contributed by atoms with Gasteiger partial charge in [0.1, 0.15) is 11.3 Å². The van der Waals surface area contributed by atoms with Gasteiger partial charge in [-0.25, -0.2) is 4.98 Å². The molecule has 0 radical (unpaired) electrons. The molecule has 78 valence electrons. The van der Waals surface area contributed by atoms with E-state index in [9.17, 15) is 4.79 Å². The third-order valence-corrected chi connectivity index (χ3v) is 2.31. The Morgan fingerprint density at radius 1 is 1.60 bits per heavy atom. The Morgan fingerprint density at radius 2 is 2.40 bits per heavy atom. The van der Waals surface area contributed by atoms with Crippen molar-refractivity contribution in [2.24, 2.45) is 0 Å². The normalized spacial score (nSPS) is 10.8. The molecule has 0 amide bonds. The number of pyridine rings is 1. The number of rotatable bonds is 3. The fraction of sp³-hybridized carbons (Fsp3) is 0.200. The maximum atomic E-state index is 10.9. The molecular formula is C10H9ClN2O2. The minimum Gasteiger partial charge on any atom is -0.378 e. The van der Waals surface area contributed by atoms with Crippen molar-refractivity contribution < 1.29 is 9.53 Å². The predicted octanol–water partition coefficient (Wildman–Crippen LogP) is 1.95. The van der Waals surface area contributed by atoms with Crippen molar-refractivity contribution in [3.8, 4) is 0 Å². The zero-order valence-electron chi connectivity index (χ0n) is 8.11. The molecule has 0 aliphatic rings. The third kappa shape index (κ3) is 1.73. The van der Waals surface area contributed by atoms with E-state index in [0.29, 0.717) is 28.7 Å². The van der Waals surface area contributed by atoms with Gasteiger partial charge in [-0.2, -0.15) is 0 Å². The molecular weight excluding hydrogens is 216 g/mol. The molecule has 4 nitrogen and oxygen atoms in total. The fourth-order valence-electron chi connectivity index (χ4n) is 1.45. The maximum Gasteiger partial charge on any atom is 0.168 e. The van der Waals surface area contributed by atoms with Crippen molar-refractivity contribution in [2.75, 3.05) is 7.11 Å². The van der Waals surface area contributed by atoms with Gasteiger partial charge in [-0.1, -0.05) is 11.6 Å². The summed E-state index contributed by atoms with van der Waals surface area (Å²) < 4.78 is 6.62. The maximum absolute atomic E-state index is 10.9. The van der Waals surface area contributed by atoms with E-state index in [1.54, 1.807) is 29.8 Å². The summed E-state index contributed by atoms with van der Waals surface area (Å²) in [6.07, 6.45) is 2.41. The van der Waals surface area contributed by atoms with Gasteiger partial charge in [0, 0.05) is 13.3 Å². The van der Waals surface area contributed by atoms with Gasteiger partial charge in [0.25, 0.3) is 0 Å². The predicted molar refractivity (Wildman–Crippen MR) is 56.3 cm³/mol. The van der Waals surface area contributed by atoms with E-state index in [-0.39, 0.29) is 0 Å². The number of ether oxygens (including phenoxy) is 1. The van der Waals surface area contributed by atoms with Gasteiger partial charge in [0.2, 0.25) is 0 Å². The topological polar surface area (TPSA) is 43.6 Å². The summed E-state index contributed by atoms with van der Waals surface area (Å²) in [6, 6.07) is 3.49. The zero-order chi connectivity index (χ0) is 10.8. The Bertz CT molecular complexity index is 507. The number of aromatic nitrogens is 2. The molecule has 0 fully saturated rings. The van der Waals surface area contributed by atoms with Crippen LogP contribution in [-0.2, 0) is 11.3 Å². The number of hydrogen-bond donors (Lipinski definition) is 0. The molecule has 2 aromatic rings. The molecule has 0 atom stereocenters. The van der Waals surface area contributed by atoms with Crippen molar-refractivity contribution in [3.05, 3.63) is 34.7 Å². The number of halogens is 1. The molecule has 0 aromatic carbocycles. The summed E-state index contributed by atoms with van der Waals surface area (Å²) >= 11 is 5.84. The quantitative estimate of drug-likeness (QED) is 0.749. The Labute approximate surface area is 91.4 Å². The van der Waals surface area contributed by atoms with Crippen molar-refractivity contribution in [3.63, 3.8) is 0 Å². The van der Waals surface area contributed by atoms with Crippen LogP contribution in [-0.4, -0.2) is 22.8 Å². The van der Waals surface area contributed by atoms with E-state index < -0.39 is 0 Å². The second-order valence-electron chi connectivity index (χ2n) is 3.07. The van der Waals surface area contributed by atoms with Crippen LogP contribution in [0.15, 0.2) is 18.3 Å². The summed E-state index contributed by atoms with van der Waals surface area (Å²) in [4.78, 5) is 15.2. The van der Waals surface area contributed by atoms with Gasteiger partial charge in [-0.05, 0) is 12.1 Å². The van der Waals surface area contributed by atoms with Gasteiger partial charge < -0.3 is 4.74 Å². The molecule has 2 rings (SSSR count). The minimum atomic E-state index is 0.313. The van der Waals surface area contributed by atoms with Crippen LogP contribution in [0.4, 0.5) is 0 Å². The summed E-state index contributed by atoms with van der Waals surface area (Å²) in [5.41, 5.74) is 1.79. The molecule has 0 saturated heterocycles. The molecule has 0 aliphatic carbocycles. The van der Waals surface area contributed by atoms with E-state index in [0.717, 1.165) is 6.29 Å². The lowest BCUT2D eigenvalue weighted by Gasteiger charge is -1.96. The number of methoxy groups -OCH3 is 1. The molecule has 2 heterocycles. The highest BCUT2D eigenvalue weighted by Gasteiger charge is 2.10. The Morgan fingerprint density at radius 3 is 3.07 bits per heavy atom. The highest BCUT2D eigenvalue weighted by molar-refractivity contribution is 6.30. The first-order valence-electron chi connectivity index (χ1n) is 4.37. The lowest BCUT2D eigenvalue weighted by Crippen LogP contribution is -1.96. The monoisotopic (exact) mass is 224 g/mol. The van der Waals surface area contributed by atoms with E-state index in [1.807, 2.05) is 0 Å². The number of nitrogens with zero attached hydrogens (tertiary/aromatic N) is 2. The first-order valence-corrected chi connectivity index (χ1v) is 4.74. The molecule has 5 heteroatoms. The summed E-state index contributed by atoms with van der Waals surface area (Å²) in [7, 11) is 1.56. The average Bonchev–Trinajstić information content (AvgIpc) is 2.55. The molecule has 0 bridgehead atoms. The first kappa shape index (κ1) is 10.1. The Balaban J connectivity index is 2.68. The van der Waals surface area contributed by atoms with Crippen LogP contribution in [0.5, 0.6) is 0 Å². The van der Waals surface area contributed by atoms with E-state index in [1.165, 1.54) is 0 Å². The number of aldehydes is 1. The number of imidazole rings is 1. The summed E-state index contributed by atoms with van der Waals surface area (Å²) in [6.45, 7) is 0.313. The lowest BCUT2D eigenvalue weighted by atomic mass is 10.3. The number of fused-ring (bicyclic) bond motifs is 1. The van der Waals surface area contributed by atoms with Gasteiger partial charge in [-0.15, -0.1) is 0 Å². The van der Waals surface area contributed by atoms with Crippen molar-refractivity contribution in [1.82, 2.24) is 9.38 Å². The largest absolute Gasteiger partial charge is 0.378 e. The first-order chi connectivity index (χ1) is 7.26. The van der Waals surface area contributed by atoms with Crippen LogP contribution >= 0.6 is 11.6 Å². The molecule has 0 spiro atoms. The molecule has 2 aromatic heterocycles.